The summed E-state index contributed by atoms with van der Waals surface area (Å²) in [6.07, 6.45) is 5.30. The highest BCUT2D eigenvalue weighted by molar-refractivity contribution is 9.10. The van der Waals surface area contributed by atoms with Crippen molar-refractivity contribution in [2.24, 2.45) is 0 Å². The van der Waals surface area contributed by atoms with Crippen LogP contribution < -0.4 is 10.6 Å². The normalized spacial score (nSPS) is 10.5. The fourth-order valence-corrected chi connectivity index (χ4v) is 3.67. The Morgan fingerprint density at radius 1 is 1.06 bits per heavy atom. The smallest absolute Gasteiger partial charge is 0.229 e. The third kappa shape index (κ3) is 4.90. The molecular weight excluding hydrogens is 454 g/mol. The van der Waals surface area contributed by atoms with Crippen molar-refractivity contribution in [3.8, 4) is 6.07 Å². The van der Waals surface area contributed by atoms with Crippen LogP contribution in [0.3, 0.4) is 0 Å². The van der Waals surface area contributed by atoms with E-state index in [0.717, 1.165) is 33.6 Å². The van der Waals surface area contributed by atoms with Crippen LogP contribution in [0.5, 0.6) is 0 Å². The fraction of sp³-hybridized carbons (Fsp3) is 0.130. The Hall–Kier alpha value is -3.70. The van der Waals surface area contributed by atoms with Crippen LogP contribution in [0.15, 0.2) is 65.8 Å². The van der Waals surface area contributed by atoms with Gasteiger partial charge in [0, 0.05) is 24.1 Å². The van der Waals surface area contributed by atoms with E-state index in [1.165, 1.54) is 5.56 Å². The first-order chi connectivity index (χ1) is 15.0. The molecule has 154 valence electrons. The van der Waals surface area contributed by atoms with Crippen LogP contribution in [0.1, 0.15) is 22.3 Å². The first-order valence-corrected chi connectivity index (χ1v) is 10.4. The maximum absolute atomic E-state index is 8.92. The first kappa shape index (κ1) is 20.6. The molecule has 0 unspecified atom stereocenters. The van der Waals surface area contributed by atoms with Crippen molar-refractivity contribution in [3.05, 3.63) is 88.0 Å². The Morgan fingerprint density at radius 3 is 2.45 bits per heavy atom. The van der Waals surface area contributed by atoms with Crippen LogP contribution in [-0.2, 0) is 6.54 Å². The number of nitriles is 1. The summed E-state index contributed by atoms with van der Waals surface area (Å²) in [6, 6.07) is 15.4. The van der Waals surface area contributed by atoms with E-state index in [1.54, 1.807) is 24.5 Å². The van der Waals surface area contributed by atoms with E-state index in [-0.39, 0.29) is 0 Å². The van der Waals surface area contributed by atoms with E-state index in [4.69, 9.17) is 5.26 Å². The van der Waals surface area contributed by atoms with Gasteiger partial charge in [-0.2, -0.15) is 10.2 Å². The lowest BCUT2D eigenvalue weighted by Crippen LogP contribution is -2.04. The Bertz CT molecular complexity index is 1230. The molecule has 8 heteroatoms. The molecule has 0 saturated heterocycles. The first-order valence-electron chi connectivity index (χ1n) is 9.65. The Morgan fingerprint density at radius 2 is 1.81 bits per heavy atom. The van der Waals surface area contributed by atoms with Gasteiger partial charge in [-0.25, -0.2) is 9.97 Å². The lowest BCUT2D eigenvalue weighted by atomic mass is 10.0. The summed E-state index contributed by atoms with van der Waals surface area (Å²) in [7, 11) is 0. The molecule has 2 N–H and O–H groups in total. The number of aromatic nitrogens is 4. The van der Waals surface area contributed by atoms with Crippen molar-refractivity contribution < 1.29 is 0 Å². The summed E-state index contributed by atoms with van der Waals surface area (Å²) in [4.78, 5) is 13.0. The number of aryl methyl sites for hydroxylation is 2. The molecule has 0 amide bonds. The van der Waals surface area contributed by atoms with Gasteiger partial charge < -0.3 is 15.2 Å². The molecule has 2 aromatic heterocycles. The maximum atomic E-state index is 8.92. The predicted molar refractivity (Wildman–Crippen MR) is 125 cm³/mol. The SMILES string of the molecule is Cc1cc(Cn2cncc2Br)cc(C)c1Nc1ccnc(Nc2ccc(C#N)cc2)n1. The lowest BCUT2D eigenvalue weighted by molar-refractivity contribution is 0.779. The second-order valence-electron chi connectivity index (χ2n) is 7.15. The lowest BCUT2D eigenvalue weighted by Gasteiger charge is -2.15. The third-order valence-corrected chi connectivity index (χ3v) is 5.45. The number of rotatable bonds is 6. The van der Waals surface area contributed by atoms with Crippen molar-refractivity contribution in [1.29, 1.82) is 5.26 Å². The number of nitrogens with zero attached hydrogens (tertiary/aromatic N) is 5. The highest BCUT2D eigenvalue weighted by Crippen LogP contribution is 2.27. The van der Waals surface area contributed by atoms with Gasteiger partial charge in [-0.3, -0.25) is 0 Å². The standard InChI is InChI=1S/C23H20BrN7/c1-15-9-18(13-31-14-26-12-20(31)24)10-16(2)22(15)29-21-7-8-27-23(30-21)28-19-5-3-17(11-25)4-6-19/h3-10,12,14H,13H2,1-2H3,(H2,27,28,29,30). The van der Waals surface area contributed by atoms with Gasteiger partial charge in [-0.05, 0) is 76.8 Å². The number of nitrogens with one attached hydrogen (secondary N) is 2. The molecule has 0 saturated carbocycles. The van der Waals surface area contributed by atoms with E-state index < -0.39 is 0 Å². The Kier molecular flexibility index (Phi) is 5.96. The Balaban J connectivity index is 1.51. The molecule has 2 aromatic carbocycles. The number of hydrogen-bond donors (Lipinski definition) is 2. The van der Waals surface area contributed by atoms with Crippen LogP contribution >= 0.6 is 15.9 Å². The van der Waals surface area contributed by atoms with Crippen molar-refractivity contribution in [2.75, 3.05) is 10.6 Å². The van der Waals surface area contributed by atoms with Crippen LogP contribution in [0.4, 0.5) is 23.1 Å². The van der Waals surface area contributed by atoms with Crippen LogP contribution in [0.25, 0.3) is 0 Å². The molecule has 31 heavy (non-hydrogen) atoms. The molecule has 2 heterocycles. The molecular formula is C23H20BrN7. The second-order valence-corrected chi connectivity index (χ2v) is 7.97. The zero-order chi connectivity index (χ0) is 21.8. The minimum atomic E-state index is 0.478. The minimum Gasteiger partial charge on any atom is -0.340 e. The quantitative estimate of drug-likeness (QED) is 0.386. The van der Waals surface area contributed by atoms with E-state index in [0.29, 0.717) is 17.3 Å². The summed E-state index contributed by atoms with van der Waals surface area (Å²) in [5.74, 6) is 1.18. The van der Waals surface area contributed by atoms with Gasteiger partial charge in [-0.15, -0.1) is 0 Å². The number of halogens is 1. The second kappa shape index (κ2) is 8.98. The molecule has 0 aliphatic heterocycles. The van der Waals surface area contributed by atoms with Gasteiger partial charge in [0.05, 0.1) is 24.2 Å². The van der Waals surface area contributed by atoms with Crippen LogP contribution in [0.2, 0.25) is 0 Å². The number of imidazole rings is 1. The van der Waals surface area contributed by atoms with Crippen molar-refractivity contribution >= 4 is 39.1 Å². The highest BCUT2D eigenvalue weighted by Gasteiger charge is 2.09. The van der Waals surface area contributed by atoms with Crippen LogP contribution in [0, 0.1) is 25.2 Å². The average molecular weight is 474 g/mol. The van der Waals surface area contributed by atoms with Gasteiger partial charge in [-0.1, -0.05) is 12.1 Å². The van der Waals surface area contributed by atoms with E-state index >= 15 is 0 Å². The summed E-state index contributed by atoms with van der Waals surface area (Å²) >= 11 is 3.51. The summed E-state index contributed by atoms with van der Waals surface area (Å²) < 4.78 is 3.00. The molecule has 0 aliphatic rings. The van der Waals surface area contributed by atoms with Gasteiger partial charge in [0.2, 0.25) is 5.95 Å². The molecule has 0 fully saturated rings. The third-order valence-electron chi connectivity index (χ3n) is 4.79. The molecule has 0 spiro atoms. The Labute approximate surface area is 189 Å². The van der Waals surface area contributed by atoms with Crippen LogP contribution in [-0.4, -0.2) is 19.5 Å². The van der Waals surface area contributed by atoms with E-state index in [9.17, 15) is 0 Å². The molecule has 4 aromatic rings. The zero-order valence-corrected chi connectivity index (χ0v) is 18.7. The molecule has 0 atom stereocenters. The number of anilines is 4. The largest absolute Gasteiger partial charge is 0.340 e. The molecule has 7 nitrogen and oxygen atoms in total. The molecule has 0 bridgehead atoms. The summed E-state index contributed by atoms with van der Waals surface area (Å²) in [5, 5.41) is 15.5. The van der Waals surface area contributed by atoms with Gasteiger partial charge >= 0.3 is 0 Å². The van der Waals surface area contributed by atoms with E-state index in [2.05, 4.69) is 73.6 Å². The van der Waals surface area contributed by atoms with Crippen molar-refractivity contribution in [1.82, 2.24) is 19.5 Å². The number of benzene rings is 2. The maximum Gasteiger partial charge on any atom is 0.229 e. The average Bonchev–Trinajstić information content (AvgIpc) is 3.16. The molecule has 4 rings (SSSR count). The van der Waals surface area contributed by atoms with Crippen molar-refractivity contribution in [2.45, 2.75) is 20.4 Å². The highest BCUT2D eigenvalue weighted by atomic mass is 79.9. The topological polar surface area (TPSA) is 91.5 Å². The molecule has 0 aliphatic carbocycles. The fourth-order valence-electron chi connectivity index (χ4n) is 3.33. The van der Waals surface area contributed by atoms with Gasteiger partial charge in [0.15, 0.2) is 0 Å². The predicted octanol–water partition coefficient (Wildman–Crippen LogP) is 5.46. The van der Waals surface area contributed by atoms with Gasteiger partial charge in [0.25, 0.3) is 0 Å². The number of hydrogen-bond acceptors (Lipinski definition) is 6. The monoisotopic (exact) mass is 473 g/mol. The van der Waals surface area contributed by atoms with Gasteiger partial charge in [0.1, 0.15) is 10.4 Å². The van der Waals surface area contributed by atoms with E-state index in [1.807, 2.05) is 29.1 Å². The summed E-state index contributed by atoms with van der Waals surface area (Å²) in [6.45, 7) is 4.91. The zero-order valence-electron chi connectivity index (χ0n) is 17.1. The molecule has 0 radical (unpaired) electrons. The summed E-state index contributed by atoms with van der Waals surface area (Å²) in [5.41, 5.74) is 5.91. The van der Waals surface area contributed by atoms with Crippen molar-refractivity contribution in [3.63, 3.8) is 0 Å². The minimum absolute atomic E-state index is 0.478.